The van der Waals surface area contributed by atoms with Crippen molar-refractivity contribution in [1.82, 2.24) is 19.7 Å². The van der Waals surface area contributed by atoms with Gasteiger partial charge in [-0.25, -0.2) is 14.6 Å². The SMILES string of the molecule is CN(C)C(=O)N1CC2(CC(COc3ccccn3)CCN2C)C1.O=C(O)C(F)(F)F. The molecule has 1 unspecified atom stereocenters. The van der Waals surface area contributed by atoms with Crippen LogP contribution in [0.1, 0.15) is 12.8 Å². The summed E-state index contributed by atoms with van der Waals surface area (Å²) in [6.45, 7) is 3.40. The van der Waals surface area contributed by atoms with Crippen LogP contribution in [-0.2, 0) is 4.79 Å². The van der Waals surface area contributed by atoms with Gasteiger partial charge in [0.15, 0.2) is 0 Å². The van der Waals surface area contributed by atoms with Gasteiger partial charge in [0.1, 0.15) is 0 Å². The fourth-order valence-electron chi connectivity index (χ4n) is 3.64. The Morgan fingerprint density at radius 2 is 1.97 bits per heavy atom. The number of pyridine rings is 1. The molecule has 30 heavy (non-hydrogen) atoms. The van der Waals surface area contributed by atoms with Crippen LogP contribution in [0.3, 0.4) is 0 Å². The molecule has 1 aromatic heterocycles. The third-order valence-electron chi connectivity index (χ3n) is 5.32. The van der Waals surface area contributed by atoms with Crippen LogP contribution in [0.4, 0.5) is 18.0 Å². The predicted octanol–water partition coefficient (Wildman–Crippen LogP) is 2.17. The maximum absolute atomic E-state index is 12.1. The van der Waals surface area contributed by atoms with E-state index in [4.69, 9.17) is 14.6 Å². The number of carboxylic acids is 1. The largest absolute Gasteiger partial charge is 0.490 e. The fraction of sp³-hybridized carbons (Fsp3) is 0.632. The molecule has 2 aliphatic heterocycles. The Balaban J connectivity index is 0.000000396. The molecular weight excluding hydrogens is 405 g/mol. The van der Waals surface area contributed by atoms with E-state index in [2.05, 4.69) is 16.9 Å². The second kappa shape index (κ2) is 9.50. The molecule has 3 rings (SSSR count). The van der Waals surface area contributed by atoms with Crippen LogP contribution in [0.5, 0.6) is 5.88 Å². The minimum atomic E-state index is -5.08. The van der Waals surface area contributed by atoms with Crippen molar-refractivity contribution in [3.05, 3.63) is 24.4 Å². The Kier molecular flexibility index (Phi) is 7.51. The molecule has 1 aromatic rings. The third kappa shape index (κ3) is 5.97. The van der Waals surface area contributed by atoms with Crippen molar-refractivity contribution in [2.45, 2.75) is 24.6 Å². The summed E-state index contributed by atoms with van der Waals surface area (Å²) in [6.07, 6.45) is -1.12. The van der Waals surface area contributed by atoms with Gasteiger partial charge in [-0.15, -0.1) is 0 Å². The lowest BCUT2D eigenvalue weighted by atomic mass is 9.75. The van der Waals surface area contributed by atoms with Gasteiger partial charge in [-0.3, -0.25) is 4.90 Å². The van der Waals surface area contributed by atoms with Crippen LogP contribution < -0.4 is 4.74 Å². The van der Waals surface area contributed by atoms with Gasteiger partial charge in [0.05, 0.1) is 12.1 Å². The Labute approximate surface area is 173 Å². The van der Waals surface area contributed by atoms with E-state index in [1.807, 2.05) is 23.1 Å². The number of nitrogens with zero attached hydrogens (tertiary/aromatic N) is 4. The molecule has 2 fully saturated rings. The molecule has 3 heterocycles. The van der Waals surface area contributed by atoms with E-state index in [1.165, 1.54) is 0 Å². The molecule has 2 amide bonds. The number of ether oxygens (including phenoxy) is 1. The maximum atomic E-state index is 12.1. The molecule has 0 aliphatic carbocycles. The van der Waals surface area contributed by atoms with Gasteiger partial charge >= 0.3 is 18.2 Å². The molecular formula is C19H27F3N4O4. The molecule has 1 N–H and O–H groups in total. The number of carbonyl (C=O) groups is 2. The second-order valence-electron chi connectivity index (χ2n) is 7.82. The van der Waals surface area contributed by atoms with Crippen LogP contribution >= 0.6 is 0 Å². The third-order valence-corrected chi connectivity index (χ3v) is 5.32. The zero-order valence-corrected chi connectivity index (χ0v) is 17.2. The van der Waals surface area contributed by atoms with E-state index >= 15 is 0 Å². The quantitative estimate of drug-likeness (QED) is 0.788. The van der Waals surface area contributed by atoms with E-state index in [0.717, 1.165) is 32.5 Å². The minimum Gasteiger partial charge on any atom is -0.477 e. The van der Waals surface area contributed by atoms with Crippen molar-refractivity contribution in [2.24, 2.45) is 5.92 Å². The number of carbonyl (C=O) groups excluding carboxylic acids is 1. The normalized spacial score (nSPS) is 20.6. The standard InChI is InChI=1S/C17H26N4O2.C2HF3O2/c1-19(2)16(22)21-12-17(13-21)10-14(7-9-20(17)3)11-23-15-6-4-5-8-18-15;3-2(4,5)1(6)7/h4-6,8,14H,7,9-13H2,1-3H3;(H,6,7). The molecule has 0 bridgehead atoms. The van der Waals surface area contributed by atoms with Crippen molar-refractivity contribution in [3.8, 4) is 5.88 Å². The van der Waals surface area contributed by atoms with Gasteiger partial charge in [-0.1, -0.05) is 6.07 Å². The summed E-state index contributed by atoms with van der Waals surface area (Å²) in [6, 6.07) is 5.83. The van der Waals surface area contributed by atoms with E-state index in [1.54, 1.807) is 25.2 Å². The molecule has 0 aromatic carbocycles. The molecule has 0 saturated carbocycles. The maximum Gasteiger partial charge on any atom is 0.490 e. The van der Waals surface area contributed by atoms with E-state index in [9.17, 15) is 18.0 Å². The first-order valence-corrected chi connectivity index (χ1v) is 9.46. The van der Waals surface area contributed by atoms with E-state index in [0.29, 0.717) is 18.4 Å². The number of aliphatic carboxylic acids is 1. The average Bonchev–Trinajstić information content (AvgIpc) is 2.65. The first kappa shape index (κ1) is 23.7. The number of amides is 2. The monoisotopic (exact) mass is 432 g/mol. The summed E-state index contributed by atoms with van der Waals surface area (Å²) in [4.78, 5) is 31.2. The highest BCUT2D eigenvalue weighted by Crippen LogP contribution is 2.38. The van der Waals surface area contributed by atoms with Gasteiger partial charge in [0.25, 0.3) is 0 Å². The number of aromatic nitrogens is 1. The van der Waals surface area contributed by atoms with Crippen LogP contribution in [0.15, 0.2) is 24.4 Å². The lowest BCUT2D eigenvalue weighted by Gasteiger charge is -2.58. The van der Waals surface area contributed by atoms with Gasteiger partial charge < -0.3 is 19.6 Å². The lowest BCUT2D eigenvalue weighted by molar-refractivity contribution is -0.192. The zero-order valence-electron chi connectivity index (χ0n) is 17.2. The Bertz CT molecular complexity index is 724. The molecule has 168 valence electrons. The number of halogens is 3. The summed E-state index contributed by atoms with van der Waals surface area (Å²) in [5, 5.41) is 7.12. The van der Waals surface area contributed by atoms with Gasteiger partial charge in [0.2, 0.25) is 5.88 Å². The van der Waals surface area contributed by atoms with Gasteiger partial charge in [0, 0.05) is 39.4 Å². The topological polar surface area (TPSA) is 86.2 Å². The van der Waals surface area contributed by atoms with Crippen LogP contribution in [-0.4, -0.2) is 95.9 Å². The first-order chi connectivity index (χ1) is 13.9. The second-order valence-corrected chi connectivity index (χ2v) is 7.82. The van der Waals surface area contributed by atoms with Crippen LogP contribution in [0.2, 0.25) is 0 Å². The number of likely N-dealkylation sites (N-methyl/N-ethyl adjacent to an activating group) is 1. The number of rotatable bonds is 3. The van der Waals surface area contributed by atoms with Crippen molar-refractivity contribution in [3.63, 3.8) is 0 Å². The average molecular weight is 432 g/mol. The van der Waals surface area contributed by atoms with Crippen molar-refractivity contribution >= 4 is 12.0 Å². The van der Waals surface area contributed by atoms with E-state index < -0.39 is 12.1 Å². The zero-order chi connectivity index (χ0) is 22.5. The Hall–Kier alpha value is -2.56. The van der Waals surface area contributed by atoms with Gasteiger partial charge in [-0.05, 0) is 38.4 Å². The van der Waals surface area contributed by atoms with E-state index in [-0.39, 0.29) is 11.6 Å². The number of piperidine rings is 1. The highest BCUT2D eigenvalue weighted by atomic mass is 19.4. The highest BCUT2D eigenvalue weighted by Gasteiger charge is 2.51. The van der Waals surface area contributed by atoms with Crippen molar-refractivity contribution in [2.75, 3.05) is 47.4 Å². The number of alkyl halides is 3. The highest BCUT2D eigenvalue weighted by molar-refractivity contribution is 5.75. The smallest absolute Gasteiger partial charge is 0.477 e. The molecule has 1 atom stereocenters. The Morgan fingerprint density at radius 1 is 1.33 bits per heavy atom. The number of carboxylic acid groups (broad SMARTS) is 1. The summed E-state index contributed by atoms with van der Waals surface area (Å²) >= 11 is 0. The number of hydrogen-bond acceptors (Lipinski definition) is 5. The molecule has 2 aliphatic rings. The molecule has 11 heteroatoms. The lowest BCUT2D eigenvalue weighted by Crippen LogP contribution is -2.73. The summed E-state index contributed by atoms with van der Waals surface area (Å²) in [5.74, 6) is -1.55. The van der Waals surface area contributed by atoms with Crippen molar-refractivity contribution < 1.29 is 32.6 Å². The first-order valence-electron chi connectivity index (χ1n) is 9.46. The molecule has 1 spiro atoms. The number of likely N-dealkylation sites (tertiary alicyclic amines) is 2. The molecule has 8 nitrogen and oxygen atoms in total. The summed E-state index contributed by atoms with van der Waals surface area (Å²) in [7, 11) is 5.79. The minimum absolute atomic E-state index is 0.107. The molecule has 2 saturated heterocycles. The van der Waals surface area contributed by atoms with Crippen LogP contribution in [0, 0.1) is 5.92 Å². The predicted molar refractivity (Wildman–Crippen MR) is 102 cm³/mol. The van der Waals surface area contributed by atoms with Crippen molar-refractivity contribution in [1.29, 1.82) is 0 Å². The summed E-state index contributed by atoms with van der Waals surface area (Å²) in [5.41, 5.74) is 0.127. The summed E-state index contributed by atoms with van der Waals surface area (Å²) < 4.78 is 37.6. The molecule has 0 radical (unpaired) electrons. The number of hydrogen-bond donors (Lipinski definition) is 1. The number of urea groups is 1. The van der Waals surface area contributed by atoms with Gasteiger partial charge in [-0.2, -0.15) is 13.2 Å². The van der Waals surface area contributed by atoms with Crippen LogP contribution in [0.25, 0.3) is 0 Å². The fourth-order valence-corrected chi connectivity index (χ4v) is 3.64. The Morgan fingerprint density at radius 3 is 2.47 bits per heavy atom.